The first-order chi connectivity index (χ1) is 5.57. The second-order valence-corrected chi connectivity index (χ2v) is 2.39. The minimum atomic E-state index is -0.759. The standard InChI is InChI=1S/C8H6F2N2/c1-4-2-6(9)8(12)5(3-11)7(4)10/h2H,12H2,1H3. The molecule has 1 aromatic carbocycles. The van der Waals surface area contributed by atoms with Crippen molar-refractivity contribution in [3.8, 4) is 6.07 Å². The van der Waals surface area contributed by atoms with E-state index in [9.17, 15) is 8.78 Å². The highest BCUT2D eigenvalue weighted by Crippen LogP contribution is 2.21. The number of benzene rings is 1. The van der Waals surface area contributed by atoms with Crippen LogP contribution in [-0.2, 0) is 0 Å². The van der Waals surface area contributed by atoms with Gasteiger partial charge in [0.15, 0.2) is 0 Å². The van der Waals surface area contributed by atoms with Crippen LogP contribution in [0.2, 0.25) is 0 Å². The summed E-state index contributed by atoms with van der Waals surface area (Å²) >= 11 is 0. The number of nitrogens with two attached hydrogens (primary N) is 1. The molecule has 0 saturated carbocycles. The largest absolute Gasteiger partial charge is 0.395 e. The lowest BCUT2D eigenvalue weighted by molar-refractivity contribution is 0.593. The molecule has 0 saturated heterocycles. The van der Waals surface area contributed by atoms with Crippen LogP contribution in [0.1, 0.15) is 11.1 Å². The van der Waals surface area contributed by atoms with E-state index in [0.717, 1.165) is 6.07 Å². The van der Waals surface area contributed by atoms with Crippen LogP contribution in [0, 0.1) is 29.9 Å². The molecule has 2 N–H and O–H groups in total. The number of nitriles is 1. The maximum atomic E-state index is 13.0. The first kappa shape index (κ1) is 8.47. The van der Waals surface area contributed by atoms with Gasteiger partial charge in [-0.25, -0.2) is 8.78 Å². The van der Waals surface area contributed by atoms with Crippen molar-refractivity contribution in [3.63, 3.8) is 0 Å². The fourth-order valence-corrected chi connectivity index (χ4v) is 0.875. The van der Waals surface area contributed by atoms with E-state index in [-0.39, 0.29) is 5.56 Å². The predicted octanol–water partition coefficient (Wildman–Crippen LogP) is 1.73. The average Bonchev–Trinajstić information content (AvgIpc) is 2.02. The van der Waals surface area contributed by atoms with Gasteiger partial charge in [-0.15, -0.1) is 0 Å². The van der Waals surface area contributed by atoms with E-state index in [2.05, 4.69) is 0 Å². The van der Waals surface area contributed by atoms with Crippen LogP contribution < -0.4 is 5.73 Å². The number of rotatable bonds is 0. The molecule has 0 aromatic heterocycles. The normalized spacial score (nSPS) is 9.50. The van der Waals surface area contributed by atoms with Gasteiger partial charge in [0.25, 0.3) is 0 Å². The van der Waals surface area contributed by atoms with Crippen LogP contribution >= 0.6 is 0 Å². The quantitative estimate of drug-likeness (QED) is 0.599. The number of hydrogen-bond acceptors (Lipinski definition) is 2. The molecule has 4 heteroatoms. The highest BCUT2D eigenvalue weighted by molar-refractivity contribution is 5.57. The van der Waals surface area contributed by atoms with Crippen LogP contribution in [0.15, 0.2) is 6.07 Å². The number of anilines is 1. The number of nitrogen functional groups attached to an aromatic ring is 1. The van der Waals surface area contributed by atoms with E-state index in [1.54, 1.807) is 0 Å². The summed E-state index contributed by atoms with van der Waals surface area (Å²) < 4.78 is 25.7. The highest BCUT2D eigenvalue weighted by atomic mass is 19.1. The van der Waals surface area contributed by atoms with Gasteiger partial charge < -0.3 is 5.73 Å². The number of aryl methyl sites for hydroxylation is 1. The Labute approximate surface area is 68.2 Å². The van der Waals surface area contributed by atoms with Crippen molar-refractivity contribution >= 4 is 5.69 Å². The second kappa shape index (κ2) is 2.78. The monoisotopic (exact) mass is 168 g/mol. The number of halogens is 2. The van der Waals surface area contributed by atoms with Crippen LogP contribution in [0.4, 0.5) is 14.5 Å². The van der Waals surface area contributed by atoms with Crippen molar-refractivity contribution in [2.45, 2.75) is 6.92 Å². The van der Waals surface area contributed by atoms with Crippen LogP contribution in [0.5, 0.6) is 0 Å². The Morgan fingerprint density at radius 2 is 2.08 bits per heavy atom. The third kappa shape index (κ3) is 1.10. The fourth-order valence-electron chi connectivity index (χ4n) is 0.875. The molecule has 0 amide bonds. The SMILES string of the molecule is Cc1cc(F)c(N)c(C#N)c1F. The van der Waals surface area contributed by atoms with Gasteiger partial charge in [-0.05, 0) is 18.6 Å². The molecule has 2 nitrogen and oxygen atoms in total. The molecule has 12 heavy (non-hydrogen) atoms. The van der Waals surface area contributed by atoms with Gasteiger partial charge >= 0.3 is 0 Å². The number of hydrogen-bond donors (Lipinski definition) is 1. The van der Waals surface area contributed by atoms with Crippen LogP contribution in [-0.4, -0.2) is 0 Å². The van der Waals surface area contributed by atoms with Gasteiger partial charge in [-0.3, -0.25) is 0 Å². The lowest BCUT2D eigenvalue weighted by Crippen LogP contribution is -2.00. The second-order valence-electron chi connectivity index (χ2n) is 2.39. The lowest BCUT2D eigenvalue weighted by Gasteiger charge is -2.02. The predicted molar refractivity (Wildman–Crippen MR) is 40.2 cm³/mol. The Balaban J connectivity index is 3.56. The zero-order valence-electron chi connectivity index (χ0n) is 6.36. The molecular weight excluding hydrogens is 162 g/mol. The van der Waals surface area contributed by atoms with E-state index in [4.69, 9.17) is 11.0 Å². The molecule has 1 rings (SSSR count). The first-order valence-corrected chi connectivity index (χ1v) is 3.22. The van der Waals surface area contributed by atoms with Crippen molar-refractivity contribution in [2.24, 2.45) is 0 Å². The van der Waals surface area contributed by atoms with Gasteiger partial charge in [-0.2, -0.15) is 5.26 Å². The Bertz CT molecular complexity index is 340. The van der Waals surface area contributed by atoms with Crippen molar-refractivity contribution in [1.29, 1.82) is 5.26 Å². The van der Waals surface area contributed by atoms with Crippen LogP contribution in [0.25, 0.3) is 0 Å². The van der Waals surface area contributed by atoms with Crippen molar-refractivity contribution in [3.05, 3.63) is 28.8 Å². The molecule has 0 radical (unpaired) electrons. The molecule has 1 aromatic rings. The third-order valence-corrected chi connectivity index (χ3v) is 1.55. The molecule has 0 atom stereocenters. The van der Waals surface area contributed by atoms with Gasteiger partial charge in [-0.1, -0.05) is 0 Å². The summed E-state index contributed by atoms with van der Waals surface area (Å²) in [5, 5.41) is 8.41. The zero-order valence-corrected chi connectivity index (χ0v) is 6.36. The summed E-state index contributed by atoms with van der Waals surface area (Å²) in [5.74, 6) is -1.51. The fraction of sp³-hybridized carbons (Fsp3) is 0.125. The summed E-state index contributed by atoms with van der Waals surface area (Å²) in [7, 11) is 0. The molecule has 0 aliphatic rings. The molecule has 0 fully saturated rings. The van der Waals surface area contributed by atoms with Gasteiger partial charge in [0.1, 0.15) is 23.3 Å². The van der Waals surface area contributed by atoms with Gasteiger partial charge in [0.05, 0.1) is 5.69 Å². The van der Waals surface area contributed by atoms with Gasteiger partial charge in [0.2, 0.25) is 0 Å². The maximum absolute atomic E-state index is 13.0. The smallest absolute Gasteiger partial charge is 0.147 e. The first-order valence-electron chi connectivity index (χ1n) is 3.22. The minimum Gasteiger partial charge on any atom is -0.395 e. The average molecular weight is 168 g/mol. The highest BCUT2D eigenvalue weighted by Gasteiger charge is 2.13. The molecule has 0 heterocycles. The van der Waals surface area contributed by atoms with Crippen molar-refractivity contribution < 1.29 is 8.78 Å². The Morgan fingerprint density at radius 3 is 2.58 bits per heavy atom. The van der Waals surface area contributed by atoms with Crippen molar-refractivity contribution in [1.82, 2.24) is 0 Å². The van der Waals surface area contributed by atoms with Gasteiger partial charge in [0, 0.05) is 0 Å². The Morgan fingerprint density at radius 1 is 1.50 bits per heavy atom. The summed E-state index contributed by atoms with van der Waals surface area (Å²) in [5.41, 5.74) is 4.35. The zero-order chi connectivity index (χ0) is 9.30. The topological polar surface area (TPSA) is 49.8 Å². The molecule has 0 unspecified atom stereocenters. The Kier molecular flexibility index (Phi) is 1.96. The number of nitrogens with zero attached hydrogens (tertiary/aromatic N) is 1. The summed E-state index contributed by atoms with van der Waals surface area (Å²) in [6.07, 6.45) is 0. The lowest BCUT2D eigenvalue weighted by atomic mass is 10.1. The van der Waals surface area contributed by atoms with Crippen LogP contribution in [0.3, 0.4) is 0 Å². The summed E-state index contributed by atoms with van der Waals surface area (Å²) in [4.78, 5) is 0. The van der Waals surface area contributed by atoms with Crippen molar-refractivity contribution in [2.75, 3.05) is 5.73 Å². The molecule has 62 valence electrons. The minimum absolute atomic E-state index is 0.0817. The van der Waals surface area contributed by atoms with E-state index < -0.39 is 22.9 Å². The third-order valence-electron chi connectivity index (χ3n) is 1.55. The Hall–Kier alpha value is -1.63. The maximum Gasteiger partial charge on any atom is 0.147 e. The molecule has 0 aliphatic heterocycles. The summed E-state index contributed by atoms with van der Waals surface area (Å²) in [6, 6.07) is 2.47. The molecule has 0 spiro atoms. The molecular formula is C8H6F2N2. The molecule has 0 aliphatic carbocycles. The van der Waals surface area contributed by atoms with E-state index in [0.29, 0.717) is 0 Å². The summed E-state index contributed by atoms with van der Waals surface area (Å²) in [6.45, 7) is 1.37. The van der Waals surface area contributed by atoms with E-state index >= 15 is 0 Å². The van der Waals surface area contributed by atoms with E-state index in [1.807, 2.05) is 0 Å². The molecule has 0 bridgehead atoms. The van der Waals surface area contributed by atoms with E-state index in [1.165, 1.54) is 13.0 Å².